The minimum atomic E-state index is -0.510. The lowest BCUT2D eigenvalue weighted by molar-refractivity contribution is -0.112. The van der Waals surface area contributed by atoms with Gasteiger partial charge in [-0.05, 0) is 48.0 Å². The van der Waals surface area contributed by atoms with Crippen LogP contribution in [0.4, 0.5) is 5.69 Å². The zero-order valence-electron chi connectivity index (χ0n) is 12.1. The Balaban J connectivity index is 2.18. The molecule has 6 heteroatoms. The molecule has 0 saturated carbocycles. The number of rotatable bonds is 4. The fraction of sp³-hybridized carbons (Fsp3) is 0.0588. The Labute approximate surface area is 143 Å². The second kappa shape index (κ2) is 7.68. The summed E-state index contributed by atoms with van der Waals surface area (Å²) >= 11 is 11.8. The van der Waals surface area contributed by atoms with Crippen LogP contribution in [0.5, 0.6) is 5.75 Å². The molecule has 2 aromatic rings. The van der Waals surface area contributed by atoms with Crippen LogP contribution in [0.15, 0.2) is 48.0 Å². The lowest BCUT2D eigenvalue weighted by atomic mass is 10.1. The average Bonchev–Trinajstić information content (AvgIpc) is 2.56. The lowest BCUT2D eigenvalue weighted by Gasteiger charge is -2.06. The largest absolute Gasteiger partial charge is 0.497 e. The number of hydrogen-bond acceptors (Lipinski definition) is 3. The Morgan fingerprint density at radius 2 is 1.87 bits per heavy atom. The van der Waals surface area contributed by atoms with Gasteiger partial charge in [0.1, 0.15) is 17.4 Å². The van der Waals surface area contributed by atoms with Crippen LogP contribution in [0.2, 0.25) is 10.0 Å². The van der Waals surface area contributed by atoms with Gasteiger partial charge in [-0.1, -0.05) is 29.3 Å². The Morgan fingerprint density at radius 3 is 2.43 bits per heavy atom. The normalized spacial score (nSPS) is 10.8. The van der Waals surface area contributed by atoms with Crippen molar-refractivity contribution in [3.63, 3.8) is 0 Å². The van der Waals surface area contributed by atoms with Crippen molar-refractivity contribution >= 4 is 40.9 Å². The highest BCUT2D eigenvalue weighted by molar-refractivity contribution is 6.42. The number of anilines is 1. The maximum absolute atomic E-state index is 12.2. The fourth-order valence-corrected chi connectivity index (χ4v) is 2.10. The number of carbonyl (C=O) groups is 1. The van der Waals surface area contributed by atoms with Crippen LogP contribution >= 0.6 is 23.2 Å². The zero-order valence-corrected chi connectivity index (χ0v) is 13.7. The van der Waals surface area contributed by atoms with Crippen LogP contribution in [-0.2, 0) is 4.79 Å². The van der Waals surface area contributed by atoms with Crippen molar-refractivity contribution in [1.29, 1.82) is 5.26 Å². The maximum Gasteiger partial charge on any atom is 0.266 e. The van der Waals surface area contributed by atoms with Gasteiger partial charge in [0.25, 0.3) is 5.91 Å². The maximum atomic E-state index is 12.2. The molecule has 0 fully saturated rings. The zero-order chi connectivity index (χ0) is 16.8. The molecule has 0 aromatic heterocycles. The van der Waals surface area contributed by atoms with Crippen LogP contribution in [0.25, 0.3) is 6.08 Å². The lowest BCUT2D eigenvalue weighted by Crippen LogP contribution is -2.13. The summed E-state index contributed by atoms with van der Waals surface area (Å²) < 4.78 is 5.04. The molecule has 0 bridgehead atoms. The molecule has 2 aromatic carbocycles. The van der Waals surface area contributed by atoms with Gasteiger partial charge >= 0.3 is 0 Å². The molecular formula is C17H12Cl2N2O2. The summed E-state index contributed by atoms with van der Waals surface area (Å²) in [6.07, 6.45) is 1.45. The molecule has 1 amide bonds. The molecule has 23 heavy (non-hydrogen) atoms. The topological polar surface area (TPSA) is 62.1 Å². The predicted octanol–water partition coefficient (Wildman–Crippen LogP) is 4.55. The van der Waals surface area contributed by atoms with E-state index in [4.69, 9.17) is 27.9 Å². The van der Waals surface area contributed by atoms with E-state index in [-0.39, 0.29) is 5.57 Å². The molecule has 0 saturated heterocycles. The average molecular weight is 347 g/mol. The molecule has 0 aliphatic rings. The van der Waals surface area contributed by atoms with E-state index < -0.39 is 5.91 Å². The van der Waals surface area contributed by atoms with Gasteiger partial charge in [0, 0.05) is 5.69 Å². The Kier molecular flexibility index (Phi) is 5.64. The minimum absolute atomic E-state index is 0.0424. The summed E-state index contributed by atoms with van der Waals surface area (Å²) in [5, 5.41) is 12.6. The van der Waals surface area contributed by atoms with Crippen molar-refractivity contribution < 1.29 is 9.53 Å². The summed E-state index contributed by atoms with van der Waals surface area (Å²) in [5.74, 6) is 0.165. The van der Waals surface area contributed by atoms with E-state index in [1.807, 2.05) is 6.07 Å². The van der Waals surface area contributed by atoms with E-state index in [2.05, 4.69) is 5.32 Å². The van der Waals surface area contributed by atoms with Crippen molar-refractivity contribution in [3.05, 3.63) is 63.6 Å². The van der Waals surface area contributed by atoms with Crippen molar-refractivity contribution in [2.75, 3.05) is 12.4 Å². The van der Waals surface area contributed by atoms with Crippen molar-refractivity contribution in [2.24, 2.45) is 0 Å². The molecule has 4 nitrogen and oxygen atoms in total. The van der Waals surface area contributed by atoms with Gasteiger partial charge < -0.3 is 10.1 Å². The number of ether oxygens (including phenoxy) is 1. The van der Waals surface area contributed by atoms with E-state index in [0.717, 1.165) is 0 Å². The Hall–Kier alpha value is -2.48. The highest BCUT2D eigenvalue weighted by Gasteiger charge is 2.10. The van der Waals surface area contributed by atoms with Crippen LogP contribution in [0.1, 0.15) is 5.56 Å². The summed E-state index contributed by atoms with van der Waals surface area (Å²) in [6, 6.07) is 13.5. The van der Waals surface area contributed by atoms with Gasteiger partial charge in [-0.25, -0.2) is 0 Å². The van der Waals surface area contributed by atoms with Crippen LogP contribution in [0.3, 0.4) is 0 Å². The van der Waals surface area contributed by atoms with Gasteiger partial charge in [0.05, 0.1) is 17.2 Å². The quantitative estimate of drug-likeness (QED) is 0.652. The number of methoxy groups -OCH3 is 1. The third-order valence-corrected chi connectivity index (χ3v) is 3.71. The van der Waals surface area contributed by atoms with E-state index in [0.29, 0.717) is 27.0 Å². The van der Waals surface area contributed by atoms with Crippen molar-refractivity contribution in [2.45, 2.75) is 0 Å². The predicted molar refractivity (Wildman–Crippen MR) is 91.7 cm³/mol. The molecular weight excluding hydrogens is 335 g/mol. The Bertz CT molecular complexity index is 793. The minimum Gasteiger partial charge on any atom is -0.497 e. The molecule has 116 valence electrons. The number of benzene rings is 2. The molecule has 2 rings (SSSR count). The summed E-state index contributed by atoms with van der Waals surface area (Å²) in [5.41, 5.74) is 1.13. The first-order valence-corrected chi connectivity index (χ1v) is 7.31. The van der Waals surface area contributed by atoms with E-state index >= 15 is 0 Å². The number of hydrogen-bond donors (Lipinski definition) is 1. The standard InChI is InChI=1S/C17H12Cl2N2O2/c1-23-14-5-3-13(4-6-14)21-17(22)12(10-20)8-11-2-7-15(18)16(19)9-11/h2-9H,1H3,(H,21,22)/b12-8+. The molecule has 0 spiro atoms. The van der Waals surface area contributed by atoms with Crippen molar-refractivity contribution in [3.8, 4) is 11.8 Å². The van der Waals surface area contributed by atoms with Crippen LogP contribution in [-0.4, -0.2) is 13.0 Å². The van der Waals surface area contributed by atoms with Crippen LogP contribution in [0, 0.1) is 11.3 Å². The first-order chi connectivity index (χ1) is 11.0. The summed E-state index contributed by atoms with van der Waals surface area (Å²) in [7, 11) is 1.56. The third-order valence-electron chi connectivity index (χ3n) is 2.97. The second-order valence-electron chi connectivity index (χ2n) is 4.53. The third kappa shape index (κ3) is 4.49. The second-order valence-corrected chi connectivity index (χ2v) is 5.34. The van der Waals surface area contributed by atoms with Gasteiger partial charge in [0.15, 0.2) is 0 Å². The fourth-order valence-electron chi connectivity index (χ4n) is 1.79. The van der Waals surface area contributed by atoms with Gasteiger partial charge in [0.2, 0.25) is 0 Å². The smallest absolute Gasteiger partial charge is 0.266 e. The summed E-state index contributed by atoms with van der Waals surface area (Å²) in [4.78, 5) is 12.2. The first kappa shape index (κ1) is 16.9. The molecule has 1 N–H and O–H groups in total. The van der Waals surface area contributed by atoms with Gasteiger partial charge in [-0.2, -0.15) is 5.26 Å². The van der Waals surface area contributed by atoms with Gasteiger partial charge in [-0.3, -0.25) is 4.79 Å². The molecule has 0 aliphatic heterocycles. The molecule has 0 heterocycles. The number of amides is 1. The van der Waals surface area contributed by atoms with Crippen molar-refractivity contribution in [1.82, 2.24) is 0 Å². The van der Waals surface area contributed by atoms with E-state index in [9.17, 15) is 10.1 Å². The monoisotopic (exact) mass is 346 g/mol. The van der Waals surface area contributed by atoms with E-state index in [1.54, 1.807) is 49.6 Å². The highest BCUT2D eigenvalue weighted by Crippen LogP contribution is 2.24. The van der Waals surface area contributed by atoms with Gasteiger partial charge in [-0.15, -0.1) is 0 Å². The van der Waals surface area contributed by atoms with Crippen LogP contribution < -0.4 is 10.1 Å². The number of nitrogens with zero attached hydrogens (tertiary/aromatic N) is 1. The highest BCUT2D eigenvalue weighted by atomic mass is 35.5. The number of nitrogens with one attached hydrogen (secondary N) is 1. The summed E-state index contributed by atoms with van der Waals surface area (Å²) in [6.45, 7) is 0. The SMILES string of the molecule is COc1ccc(NC(=O)/C(C#N)=C/c2ccc(Cl)c(Cl)c2)cc1. The number of halogens is 2. The molecule has 0 atom stereocenters. The van der Waals surface area contributed by atoms with E-state index in [1.165, 1.54) is 6.08 Å². The number of nitriles is 1. The first-order valence-electron chi connectivity index (χ1n) is 6.55. The molecule has 0 unspecified atom stereocenters. The molecule has 0 aliphatic carbocycles. The Morgan fingerprint density at radius 1 is 1.17 bits per heavy atom. The molecule has 0 radical (unpaired) electrons. The number of carbonyl (C=O) groups excluding carboxylic acids is 1.